The van der Waals surface area contributed by atoms with Gasteiger partial charge in [-0.05, 0) is 47.9 Å². The summed E-state index contributed by atoms with van der Waals surface area (Å²) in [6.07, 6.45) is 0.650. The van der Waals surface area contributed by atoms with E-state index in [-0.39, 0.29) is 36.1 Å². The van der Waals surface area contributed by atoms with Crippen LogP contribution in [0.1, 0.15) is 50.3 Å². The second-order valence-corrected chi connectivity index (χ2v) is 8.97. The maximum atomic E-state index is 13.6. The van der Waals surface area contributed by atoms with Crippen LogP contribution in [0.25, 0.3) is 0 Å². The van der Waals surface area contributed by atoms with Gasteiger partial charge in [-0.15, -0.1) is 0 Å². The highest BCUT2D eigenvalue weighted by Crippen LogP contribution is 2.40. The van der Waals surface area contributed by atoms with Gasteiger partial charge >= 0.3 is 0 Å². The number of aromatic nitrogens is 2. The standard InChI is InChI=1S/C29H24FN3O4/c1-32-27(31-25(26(35)29(32)37)24(34)16-13-18-11-14-21(30)15-12-18)23-17-20-9-5-6-10-22(20)33(23)28(36)19-7-3-2-4-8-19/h2-12,14-15,23,35H,13,16-17H2,1H3. The number of carbonyl (C=O) groups excluding carboxylic acids is 2. The number of benzene rings is 3. The van der Waals surface area contributed by atoms with Crippen molar-refractivity contribution in [1.82, 2.24) is 9.55 Å². The summed E-state index contributed by atoms with van der Waals surface area (Å²) in [6.45, 7) is 0. The molecule has 0 radical (unpaired) electrons. The first-order valence-electron chi connectivity index (χ1n) is 11.9. The summed E-state index contributed by atoms with van der Waals surface area (Å²) in [5.74, 6) is -1.68. The van der Waals surface area contributed by atoms with Gasteiger partial charge in [-0.25, -0.2) is 9.37 Å². The van der Waals surface area contributed by atoms with Gasteiger partial charge in [-0.1, -0.05) is 48.5 Å². The van der Waals surface area contributed by atoms with Crippen molar-refractivity contribution < 1.29 is 19.1 Å². The number of hydrogen-bond acceptors (Lipinski definition) is 5. The molecular weight excluding hydrogens is 473 g/mol. The summed E-state index contributed by atoms with van der Waals surface area (Å²) in [5.41, 5.74) is 1.73. The zero-order valence-electron chi connectivity index (χ0n) is 20.1. The molecule has 0 saturated carbocycles. The smallest absolute Gasteiger partial charge is 0.296 e. The van der Waals surface area contributed by atoms with Crippen LogP contribution in [-0.4, -0.2) is 26.3 Å². The summed E-state index contributed by atoms with van der Waals surface area (Å²) < 4.78 is 14.4. The number of para-hydroxylation sites is 1. The van der Waals surface area contributed by atoms with Crippen LogP contribution >= 0.6 is 0 Å². The zero-order chi connectivity index (χ0) is 26.1. The Labute approximate surface area is 212 Å². The minimum atomic E-state index is -0.766. The van der Waals surface area contributed by atoms with E-state index in [1.807, 2.05) is 30.3 Å². The number of rotatable bonds is 6. The number of fused-ring (bicyclic) bond motifs is 1. The third kappa shape index (κ3) is 4.53. The highest BCUT2D eigenvalue weighted by molar-refractivity contribution is 6.07. The number of aryl methyl sites for hydroxylation is 1. The zero-order valence-corrected chi connectivity index (χ0v) is 20.1. The van der Waals surface area contributed by atoms with Crippen molar-refractivity contribution >= 4 is 17.4 Å². The van der Waals surface area contributed by atoms with E-state index < -0.39 is 23.1 Å². The van der Waals surface area contributed by atoms with Crippen LogP contribution in [0.2, 0.25) is 0 Å². The number of nitrogens with zero attached hydrogens (tertiary/aromatic N) is 3. The van der Waals surface area contributed by atoms with Crippen LogP contribution in [-0.2, 0) is 19.9 Å². The van der Waals surface area contributed by atoms with Crippen molar-refractivity contribution in [1.29, 1.82) is 0 Å². The molecule has 5 rings (SSSR count). The average Bonchev–Trinajstić information content (AvgIpc) is 3.30. The molecule has 3 aromatic carbocycles. The van der Waals surface area contributed by atoms with Crippen molar-refractivity contribution in [3.8, 4) is 5.75 Å². The lowest BCUT2D eigenvalue weighted by Gasteiger charge is -2.27. The van der Waals surface area contributed by atoms with E-state index in [2.05, 4.69) is 4.98 Å². The number of aromatic hydroxyl groups is 1. The quantitative estimate of drug-likeness (QED) is 0.399. The Bertz CT molecular complexity index is 1550. The predicted molar refractivity (Wildman–Crippen MR) is 136 cm³/mol. The van der Waals surface area contributed by atoms with Crippen molar-refractivity contribution in [2.24, 2.45) is 7.05 Å². The molecule has 1 aliphatic heterocycles. The minimum Gasteiger partial charge on any atom is -0.501 e. The van der Waals surface area contributed by atoms with E-state index >= 15 is 0 Å². The third-order valence-corrected chi connectivity index (χ3v) is 6.63. The van der Waals surface area contributed by atoms with Gasteiger partial charge < -0.3 is 5.11 Å². The van der Waals surface area contributed by atoms with E-state index in [1.165, 1.54) is 23.7 Å². The molecule has 1 aliphatic rings. The fraction of sp³-hybridized carbons (Fsp3) is 0.172. The largest absolute Gasteiger partial charge is 0.501 e. The molecule has 1 N–H and O–H groups in total. The Hall–Kier alpha value is -4.59. The highest BCUT2D eigenvalue weighted by atomic mass is 19.1. The number of carbonyl (C=O) groups is 2. The van der Waals surface area contributed by atoms with Crippen LogP contribution in [0.5, 0.6) is 5.75 Å². The van der Waals surface area contributed by atoms with E-state index in [0.29, 0.717) is 17.7 Å². The number of hydrogen-bond donors (Lipinski definition) is 1. The fourth-order valence-electron chi connectivity index (χ4n) is 4.69. The molecule has 4 aromatic rings. The summed E-state index contributed by atoms with van der Waals surface area (Å²) in [4.78, 5) is 45.7. The Morgan fingerprint density at radius 2 is 1.68 bits per heavy atom. The first kappa shape index (κ1) is 24.1. The Morgan fingerprint density at radius 3 is 2.41 bits per heavy atom. The highest BCUT2D eigenvalue weighted by Gasteiger charge is 2.38. The molecule has 37 heavy (non-hydrogen) atoms. The van der Waals surface area contributed by atoms with Gasteiger partial charge in [0.05, 0.1) is 6.04 Å². The first-order valence-corrected chi connectivity index (χ1v) is 11.9. The lowest BCUT2D eigenvalue weighted by Crippen LogP contribution is -2.37. The van der Waals surface area contributed by atoms with Gasteiger partial charge in [-0.3, -0.25) is 23.9 Å². The summed E-state index contributed by atoms with van der Waals surface area (Å²) in [7, 11) is 1.46. The molecule has 1 amide bonds. The molecule has 2 heterocycles. The molecule has 1 atom stereocenters. The van der Waals surface area contributed by atoms with E-state index in [0.717, 1.165) is 11.1 Å². The lowest BCUT2D eigenvalue weighted by atomic mass is 10.0. The molecule has 0 fully saturated rings. The molecule has 7 nitrogen and oxygen atoms in total. The number of Topliss-reactive ketones (excluding diaryl/α,β-unsaturated/α-hetero) is 1. The Kier molecular flexibility index (Phi) is 6.40. The molecule has 8 heteroatoms. The Balaban J connectivity index is 1.53. The van der Waals surface area contributed by atoms with Crippen LogP contribution in [0, 0.1) is 5.82 Å². The third-order valence-electron chi connectivity index (χ3n) is 6.63. The molecule has 1 unspecified atom stereocenters. The molecule has 1 aromatic heterocycles. The SMILES string of the molecule is Cn1c(C2Cc3ccccc3N2C(=O)c2ccccc2)nc(C(=O)CCc2ccc(F)cc2)c(O)c1=O. The number of amides is 1. The van der Waals surface area contributed by atoms with Crippen molar-refractivity contribution in [2.75, 3.05) is 4.90 Å². The van der Waals surface area contributed by atoms with Crippen LogP contribution < -0.4 is 10.5 Å². The van der Waals surface area contributed by atoms with Gasteiger partial charge in [0.2, 0.25) is 5.75 Å². The predicted octanol–water partition coefficient (Wildman–Crippen LogP) is 4.38. The molecule has 0 saturated heterocycles. The minimum absolute atomic E-state index is 0.0314. The van der Waals surface area contributed by atoms with Crippen LogP contribution in [0.3, 0.4) is 0 Å². The van der Waals surface area contributed by atoms with Gasteiger partial charge in [-0.2, -0.15) is 0 Å². The van der Waals surface area contributed by atoms with Crippen molar-refractivity contribution in [3.05, 3.63) is 123 Å². The number of halogens is 1. The van der Waals surface area contributed by atoms with Gasteiger partial charge in [0.1, 0.15) is 11.6 Å². The topological polar surface area (TPSA) is 92.5 Å². The summed E-state index contributed by atoms with van der Waals surface area (Å²) in [5, 5.41) is 10.5. The normalized spacial score (nSPS) is 14.4. The van der Waals surface area contributed by atoms with E-state index in [4.69, 9.17) is 0 Å². The Morgan fingerprint density at radius 1 is 1.00 bits per heavy atom. The second-order valence-electron chi connectivity index (χ2n) is 8.97. The molecule has 0 bridgehead atoms. The lowest BCUT2D eigenvalue weighted by molar-refractivity contribution is 0.0972. The van der Waals surface area contributed by atoms with Crippen molar-refractivity contribution in [2.45, 2.75) is 25.3 Å². The van der Waals surface area contributed by atoms with Crippen LogP contribution in [0.4, 0.5) is 10.1 Å². The second kappa shape index (κ2) is 9.81. The van der Waals surface area contributed by atoms with E-state index in [9.17, 15) is 23.9 Å². The van der Waals surface area contributed by atoms with Crippen LogP contribution in [0.15, 0.2) is 83.7 Å². The maximum absolute atomic E-state index is 13.6. The maximum Gasteiger partial charge on any atom is 0.296 e. The van der Waals surface area contributed by atoms with Gasteiger partial charge in [0, 0.05) is 31.1 Å². The first-order chi connectivity index (χ1) is 17.8. The fourth-order valence-corrected chi connectivity index (χ4v) is 4.69. The average molecular weight is 498 g/mol. The molecular formula is C29H24FN3O4. The molecule has 186 valence electrons. The van der Waals surface area contributed by atoms with Gasteiger partial charge in [0.25, 0.3) is 11.5 Å². The molecule has 0 aliphatic carbocycles. The number of anilines is 1. The molecule has 0 spiro atoms. The van der Waals surface area contributed by atoms with Crippen molar-refractivity contribution in [3.63, 3.8) is 0 Å². The monoisotopic (exact) mass is 497 g/mol. The van der Waals surface area contributed by atoms with Gasteiger partial charge in [0.15, 0.2) is 11.5 Å². The van der Waals surface area contributed by atoms with E-state index in [1.54, 1.807) is 41.3 Å². The summed E-state index contributed by atoms with van der Waals surface area (Å²) in [6, 6.07) is 21.4. The summed E-state index contributed by atoms with van der Waals surface area (Å²) >= 11 is 0. The number of ketones is 1.